The van der Waals surface area contributed by atoms with Gasteiger partial charge in [0.1, 0.15) is 23.2 Å². The molecule has 36 heavy (non-hydrogen) atoms. The van der Waals surface area contributed by atoms with E-state index in [2.05, 4.69) is 0 Å². The molecule has 182 valence electrons. The predicted molar refractivity (Wildman–Crippen MR) is 149 cm³/mol. The molecule has 4 aromatic rings. The van der Waals surface area contributed by atoms with Crippen molar-refractivity contribution in [3.8, 4) is 0 Å². The first-order valence-electron chi connectivity index (χ1n) is 12.1. The van der Waals surface area contributed by atoms with Gasteiger partial charge in [-0.25, -0.2) is 4.79 Å². The third kappa shape index (κ3) is 5.16. The first-order chi connectivity index (χ1) is 17.6. The van der Waals surface area contributed by atoms with Gasteiger partial charge in [0.25, 0.3) is 0 Å². The molecule has 0 aliphatic heterocycles. The van der Waals surface area contributed by atoms with Gasteiger partial charge in [0.2, 0.25) is 11.4 Å². The average molecular weight is 497 g/mol. The number of carbonyl (C=O) groups excluding carboxylic acids is 2. The SMILES string of the molecule is CCOC(=O)C(C(=O)C(N)Cc1ccccc1)[P+](c1ccccc1)(c1ccccc1)c1ccccc1. The largest absolute Gasteiger partial charge is 0.463 e. The van der Waals surface area contributed by atoms with Crippen LogP contribution in [-0.4, -0.2) is 30.1 Å². The molecular formula is C31H31NO3P+. The van der Waals surface area contributed by atoms with E-state index in [9.17, 15) is 9.59 Å². The van der Waals surface area contributed by atoms with Crippen LogP contribution in [0.1, 0.15) is 12.5 Å². The normalized spacial score (nSPS) is 12.9. The summed E-state index contributed by atoms with van der Waals surface area (Å²) < 4.78 is 5.61. The minimum Gasteiger partial charge on any atom is -0.463 e. The number of rotatable bonds is 10. The van der Waals surface area contributed by atoms with E-state index in [1.54, 1.807) is 6.92 Å². The van der Waals surface area contributed by atoms with Crippen LogP contribution in [0.15, 0.2) is 121 Å². The number of hydrogen-bond acceptors (Lipinski definition) is 4. The summed E-state index contributed by atoms with van der Waals surface area (Å²) in [7, 11) is -2.87. The molecule has 2 N–H and O–H groups in total. The number of nitrogens with two attached hydrogens (primary N) is 1. The van der Waals surface area contributed by atoms with Crippen LogP contribution in [0.2, 0.25) is 0 Å². The molecule has 0 spiro atoms. The Morgan fingerprint density at radius 1 is 0.694 bits per heavy atom. The number of ketones is 1. The van der Waals surface area contributed by atoms with Crippen LogP contribution in [-0.2, 0) is 20.7 Å². The van der Waals surface area contributed by atoms with Crippen LogP contribution in [0.4, 0.5) is 0 Å². The predicted octanol–water partition coefficient (Wildman–Crippen LogP) is 4.05. The second kappa shape index (κ2) is 11.9. The lowest BCUT2D eigenvalue weighted by Crippen LogP contribution is -2.52. The molecule has 4 aromatic carbocycles. The summed E-state index contributed by atoms with van der Waals surface area (Å²) in [6.07, 6.45) is 0.341. The van der Waals surface area contributed by atoms with E-state index in [0.29, 0.717) is 6.42 Å². The number of benzene rings is 4. The molecule has 4 rings (SSSR count). The highest BCUT2D eigenvalue weighted by Gasteiger charge is 2.60. The molecule has 4 nitrogen and oxygen atoms in total. The molecule has 0 bridgehead atoms. The van der Waals surface area contributed by atoms with Gasteiger partial charge >= 0.3 is 5.97 Å². The van der Waals surface area contributed by atoms with E-state index < -0.39 is 24.9 Å². The smallest absolute Gasteiger partial charge is 0.356 e. The Morgan fingerprint density at radius 2 is 1.08 bits per heavy atom. The van der Waals surface area contributed by atoms with Gasteiger partial charge in [0, 0.05) is 0 Å². The summed E-state index contributed by atoms with van der Waals surface area (Å²) in [5.41, 5.74) is 6.44. The number of Topliss-reactive ketones (excluding diaryl/α,β-unsaturated/α-hetero) is 1. The topological polar surface area (TPSA) is 69.4 Å². The van der Waals surface area contributed by atoms with Crippen molar-refractivity contribution in [2.24, 2.45) is 5.73 Å². The summed E-state index contributed by atoms with van der Waals surface area (Å²) in [4.78, 5) is 28.2. The molecule has 0 amide bonds. The Balaban J connectivity index is 1.98. The van der Waals surface area contributed by atoms with Gasteiger partial charge < -0.3 is 10.5 Å². The quantitative estimate of drug-likeness (QED) is 0.204. The summed E-state index contributed by atoms with van der Waals surface area (Å²) in [5, 5.41) is 2.79. The molecule has 0 aliphatic rings. The first kappa shape index (κ1) is 25.5. The van der Waals surface area contributed by atoms with Crippen molar-refractivity contribution in [1.82, 2.24) is 0 Å². The lowest BCUT2D eigenvalue weighted by atomic mass is 10.0. The average Bonchev–Trinajstić information content (AvgIpc) is 2.93. The fourth-order valence-corrected chi connectivity index (χ4v) is 9.42. The molecule has 0 heterocycles. The first-order valence-corrected chi connectivity index (χ1v) is 14.0. The van der Waals surface area contributed by atoms with Crippen LogP contribution in [0.25, 0.3) is 0 Å². The van der Waals surface area contributed by atoms with E-state index in [4.69, 9.17) is 10.5 Å². The van der Waals surface area contributed by atoms with Crippen LogP contribution < -0.4 is 21.6 Å². The van der Waals surface area contributed by atoms with Gasteiger partial charge in [-0.1, -0.05) is 84.9 Å². The maximum absolute atomic E-state index is 14.3. The van der Waals surface area contributed by atoms with Gasteiger partial charge in [0.05, 0.1) is 12.6 Å². The Kier molecular flexibility index (Phi) is 8.43. The minimum absolute atomic E-state index is 0.176. The molecular weight excluding hydrogens is 465 g/mol. The summed E-state index contributed by atoms with van der Waals surface area (Å²) >= 11 is 0. The molecule has 0 radical (unpaired) electrons. The summed E-state index contributed by atoms with van der Waals surface area (Å²) in [6.45, 7) is 1.94. The fraction of sp³-hybridized carbons (Fsp3) is 0.161. The second-order valence-corrected chi connectivity index (χ2v) is 12.1. The number of hydrogen-bond donors (Lipinski definition) is 1. The Morgan fingerprint density at radius 3 is 1.47 bits per heavy atom. The third-order valence-corrected chi connectivity index (χ3v) is 10.9. The Bertz CT molecular complexity index is 1170. The number of esters is 1. The van der Waals surface area contributed by atoms with E-state index in [-0.39, 0.29) is 12.4 Å². The molecule has 0 aliphatic carbocycles. The summed E-state index contributed by atoms with van der Waals surface area (Å²) in [6, 6.07) is 38.4. The maximum atomic E-state index is 14.3. The maximum Gasteiger partial charge on any atom is 0.356 e. The number of carbonyl (C=O) groups is 2. The van der Waals surface area contributed by atoms with Crippen molar-refractivity contribution >= 4 is 34.9 Å². The lowest BCUT2D eigenvalue weighted by Gasteiger charge is -2.33. The molecule has 2 unspecified atom stereocenters. The van der Waals surface area contributed by atoms with Crippen LogP contribution >= 0.6 is 7.26 Å². The highest BCUT2D eigenvalue weighted by molar-refractivity contribution is 7.97. The third-order valence-electron chi connectivity index (χ3n) is 6.32. The zero-order valence-electron chi connectivity index (χ0n) is 20.4. The molecule has 0 saturated carbocycles. The zero-order chi connectivity index (χ0) is 25.4. The van der Waals surface area contributed by atoms with Gasteiger partial charge in [-0.05, 0) is 55.3 Å². The second-order valence-electron chi connectivity index (χ2n) is 8.58. The van der Waals surface area contributed by atoms with Crippen molar-refractivity contribution in [2.45, 2.75) is 25.0 Å². The Labute approximate surface area is 213 Å². The van der Waals surface area contributed by atoms with Crippen molar-refractivity contribution in [3.05, 3.63) is 127 Å². The molecule has 0 aromatic heterocycles. The zero-order valence-corrected chi connectivity index (χ0v) is 21.3. The standard InChI is InChI=1S/C31H31NO3P/c1-2-35-31(34)30(29(33)28(32)23-24-15-7-3-8-16-24)36(25-17-9-4-10-18-25,26-19-11-5-12-20-26)27-21-13-6-14-22-27/h3-22,28,30H,2,23,32H2,1H3/q+1. The van der Waals surface area contributed by atoms with E-state index >= 15 is 0 Å². The van der Waals surface area contributed by atoms with Crippen molar-refractivity contribution < 1.29 is 14.3 Å². The fourth-order valence-electron chi connectivity index (χ4n) is 4.74. The van der Waals surface area contributed by atoms with Crippen molar-refractivity contribution in [3.63, 3.8) is 0 Å². The van der Waals surface area contributed by atoms with E-state index in [0.717, 1.165) is 21.5 Å². The van der Waals surface area contributed by atoms with Crippen molar-refractivity contribution in [2.75, 3.05) is 6.61 Å². The Hall–Kier alpha value is -3.59. The van der Waals surface area contributed by atoms with Crippen LogP contribution in [0, 0.1) is 0 Å². The van der Waals surface area contributed by atoms with Crippen LogP contribution in [0.3, 0.4) is 0 Å². The molecule has 0 saturated heterocycles. The van der Waals surface area contributed by atoms with Gasteiger partial charge in [-0.15, -0.1) is 0 Å². The highest BCUT2D eigenvalue weighted by atomic mass is 31.2. The van der Waals surface area contributed by atoms with Gasteiger partial charge in [0.15, 0.2) is 0 Å². The monoisotopic (exact) mass is 496 g/mol. The highest BCUT2D eigenvalue weighted by Crippen LogP contribution is 2.60. The number of ether oxygens (including phenoxy) is 1. The summed E-state index contributed by atoms with van der Waals surface area (Å²) in [5.74, 6) is -0.835. The van der Waals surface area contributed by atoms with Gasteiger partial charge in [-0.2, -0.15) is 0 Å². The minimum atomic E-state index is -2.87. The molecule has 5 heteroatoms. The molecule has 0 fully saturated rings. The van der Waals surface area contributed by atoms with E-state index in [1.165, 1.54) is 0 Å². The van der Waals surface area contributed by atoms with E-state index in [1.807, 2.05) is 121 Å². The van der Waals surface area contributed by atoms with Crippen LogP contribution in [0.5, 0.6) is 0 Å². The molecule has 2 atom stereocenters. The van der Waals surface area contributed by atoms with Crippen molar-refractivity contribution in [1.29, 1.82) is 0 Å². The lowest BCUT2D eigenvalue weighted by molar-refractivity contribution is -0.145. The van der Waals surface area contributed by atoms with Gasteiger partial charge in [-0.3, -0.25) is 4.79 Å².